The lowest BCUT2D eigenvalue weighted by Gasteiger charge is -2.41. The second-order valence-corrected chi connectivity index (χ2v) is 9.79. The van der Waals surface area contributed by atoms with Crippen molar-refractivity contribution in [1.82, 2.24) is 14.9 Å². The molecule has 3 rings (SSSR count). The average molecular weight is 440 g/mol. The Balaban J connectivity index is 1.67. The van der Waals surface area contributed by atoms with E-state index in [0.717, 1.165) is 37.7 Å². The molecular formula is C21H33N3O5S. The number of sulfonamides is 1. The largest absolute Gasteiger partial charge is 0.488 e. The van der Waals surface area contributed by atoms with Crippen molar-refractivity contribution in [2.24, 2.45) is 0 Å². The standard InChI is InChI=1S/C21H33N3O5S/c1-3-22-21(25)24-14-8-11-17(23-30(2,26)27)18(24)15-28-19-12-7-13-20(19)29-16-9-5-4-6-10-16/h4-6,9-10,17-20,23H,3,7-8,11-15H2,1-2H3,(H,22,25)/t17-,18-,19-,20-/m0/s1. The minimum Gasteiger partial charge on any atom is -0.488 e. The number of hydrogen-bond donors (Lipinski definition) is 2. The topological polar surface area (TPSA) is 97.0 Å². The number of urea groups is 1. The Morgan fingerprint density at radius 1 is 1.13 bits per heavy atom. The predicted octanol–water partition coefficient (Wildman–Crippen LogP) is 2.11. The summed E-state index contributed by atoms with van der Waals surface area (Å²) in [6.07, 6.45) is 5.24. The van der Waals surface area contributed by atoms with E-state index in [1.165, 1.54) is 0 Å². The number of carbonyl (C=O) groups excluding carboxylic acids is 1. The van der Waals surface area contributed by atoms with E-state index in [1.54, 1.807) is 4.90 Å². The summed E-state index contributed by atoms with van der Waals surface area (Å²) in [6.45, 7) is 3.23. The molecular weight excluding hydrogens is 406 g/mol. The van der Waals surface area contributed by atoms with Crippen LogP contribution >= 0.6 is 0 Å². The number of piperidine rings is 1. The molecule has 30 heavy (non-hydrogen) atoms. The normalized spacial score (nSPS) is 27.1. The van der Waals surface area contributed by atoms with Crippen LogP contribution in [0.4, 0.5) is 4.79 Å². The maximum absolute atomic E-state index is 12.6. The molecule has 0 radical (unpaired) electrons. The van der Waals surface area contributed by atoms with Gasteiger partial charge >= 0.3 is 6.03 Å². The van der Waals surface area contributed by atoms with Gasteiger partial charge < -0.3 is 19.7 Å². The fraction of sp³-hybridized carbons (Fsp3) is 0.667. The molecule has 1 saturated carbocycles. The quantitative estimate of drug-likeness (QED) is 0.647. The number of ether oxygens (including phenoxy) is 2. The van der Waals surface area contributed by atoms with Gasteiger partial charge in [0.25, 0.3) is 0 Å². The van der Waals surface area contributed by atoms with E-state index < -0.39 is 10.0 Å². The van der Waals surface area contributed by atoms with Crippen molar-refractivity contribution >= 4 is 16.1 Å². The molecule has 2 amide bonds. The van der Waals surface area contributed by atoms with Crippen molar-refractivity contribution in [3.8, 4) is 5.75 Å². The number of carbonyl (C=O) groups is 1. The van der Waals surface area contributed by atoms with Gasteiger partial charge in [-0.3, -0.25) is 0 Å². The third-order valence-electron chi connectivity index (χ3n) is 5.64. The van der Waals surface area contributed by atoms with Crippen molar-refractivity contribution in [2.45, 2.75) is 63.3 Å². The maximum Gasteiger partial charge on any atom is 0.317 e. The Morgan fingerprint density at radius 3 is 2.57 bits per heavy atom. The highest BCUT2D eigenvalue weighted by Gasteiger charge is 2.38. The summed E-state index contributed by atoms with van der Waals surface area (Å²) in [5.74, 6) is 0.816. The molecule has 9 heteroatoms. The number of amides is 2. The summed E-state index contributed by atoms with van der Waals surface area (Å²) >= 11 is 0. The second kappa shape index (κ2) is 10.5. The maximum atomic E-state index is 12.6. The van der Waals surface area contributed by atoms with Crippen LogP contribution in [0.5, 0.6) is 5.75 Å². The highest BCUT2D eigenvalue weighted by Crippen LogP contribution is 2.28. The Kier molecular flexibility index (Phi) is 7.96. The van der Waals surface area contributed by atoms with Crippen LogP contribution in [0.2, 0.25) is 0 Å². The fourth-order valence-corrected chi connectivity index (χ4v) is 5.12. The van der Waals surface area contributed by atoms with E-state index in [2.05, 4.69) is 10.0 Å². The molecule has 0 spiro atoms. The van der Waals surface area contributed by atoms with Crippen LogP contribution in [-0.4, -0.2) is 69.6 Å². The summed E-state index contributed by atoms with van der Waals surface area (Å²) in [4.78, 5) is 14.3. The number of rotatable bonds is 8. The number of nitrogens with one attached hydrogen (secondary N) is 2. The SMILES string of the molecule is CCNC(=O)N1CCC[C@H](NS(C)(=O)=O)[C@@H]1CO[C@H]1CCC[C@@H]1Oc1ccccc1. The molecule has 1 saturated heterocycles. The van der Waals surface area contributed by atoms with Crippen molar-refractivity contribution in [3.63, 3.8) is 0 Å². The lowest BCUT2D eigenvalue weighted by Crippen LogP contribution is -2.60. The predicted molar refractivity (Wildman–Crippen MR) is 115 cm³/mol. The molecule has 2 aliphatic rings. The van der Waals surface area contributed by atoms with E-state index in [0.29, 0.717) is 19.5 Å². The minimum absolute atomic E-state index is 0.0461. The van der Waals surface area contributed by atoms with Crippen LogP contribution < -0.4 is 14.8 Å². The smallest absolute Gasteiger partial charge is 0.317 e. The van der Waals surface area contributed by atoms with E-state index in [4.69, 9.17) is 9.47 Å². The molecule has 0 aromatic heterocycles. The van der Waals surface area contributed by atoms with Crippen LogP contribution in [-0.2, 0) is 14.8 Å². The van der Waals surface area contributed by atoms with Crippen LogP contribution in [0.1, 0.15) is 39.0 Å². The van der Waals surface area contributed by atoms with Crippen molar-refractivity contribution in [1.29, 1.82) is 0 Å². The van der Waals surface area contributed by atoms with Crippen molar-refractivity contribution in [2.75, 3.05) is 26.0 Å². The molecule has 2 fully saturated rings. The van der Waals surface area contributed by atoms with Gasteiger partial charge in [-0.2, -0.15) is 0 Å². The van der Waals surface area contributed by atoms with Crippen molar-refractivity contribution in [3.05, 3.63) is 30.3 Å². The first-order chi connectivity index (χ1) is 14.4. The van der Waals surface area contributed by atoms with Crippen molar-refractivity contribution < 1.29 is 22.7 Å². The van der Waals surface area contributed by atoms with Gasteiger partial charge in [0.1, 0.15) is 11.9 Å². The van der Waals surface area contributed by atoms with Gasteiger partial charge in [0, 0.05) is 19.1 Å². The monoisotopic (exact) mass is 439 g/mol. The molecule has 4 atom stereocenters. The number of likely N-dealkylation sites (tertiary alicyclic amines) is 1. The van der Waals surface area contributed by atoms with E-state index in [1.807, 2.05) is 37.3 Å². The number of benzene rings is 1. The Morgan fingerprint density at radius 2 is 1.87 bits per heavy atom. The molecule has 1 heterocycles. The molecule has 1 aromatic carbocycles. The summed E-state index contributed by atoms with van der Waals surface area (Å²) in [5, 5.41) is 2.83. The summed E-state index contributed by atoms with van der Waals surface area (Å²) < 4.78 is 38.8. The lowest BCUT2D eigenvalue weighted by molar-refractivity contribution is -0.0377. The van der Waals surface area contributed by atoms with Crippen LogP contribution in [0, 0.1) is 0 Å². The fourth-order valence-electron chi connectivity index (χ4n) is 4.29. The Hall–Kier alpha value is -1.84. The molecule has 2 N–H and O–H groups in total. The lowest BCUT2D eigenvalue weighted by atomic mass is 9.97. The zero-order chi connectivity index (χ0) is 21.6. The summed E-state index contributed by atoms with van der Waals surface area (Å²) in [5.41, 5.74) is 0. The van der Waals surface area contributed by atoms with E-state index in [-0.39, 0.29) is 36.9 Å². The summed E-state index contributed by atoms with van der Waals surface area (Å²) in [6, 6.07) is 8.77. The van der Waals surface area contributed by atoms with Crippen LogP contribution in [0.3, 0.4) is 0 Å². The van der Waals surface area contributed by atoms with Crippen LogP contribution in [0.15, 0.2) is 30.3 Å². The molecule has 1 aliphatic carbocycles. The third-order valence-corrected chi connectivity index (χ3v) is 6.37. The first-order valence-corrected chi connectivity index (χ1v) is 12.6. The average Bonchev–Trinajstić information content (AvgIpc) is 3.13. The van der Waals surface area contributed by atoms with Crippen LogP contribution in [0.25, 0.3) is 0 Å². The zero-order valence-electron chi connectivity index (χ0n) is 17.7. The minimum atomic E-state index is -3.40. The second-order valence-electron chi connectivity index (χ2n) is 8.01. The number of para-hydroxylation sites is 1. The first-order valence-electron chi connectivity index (χ1n) is 10.7. The molecule has 0 unspecified atom stereocenters. The highest BCUT2D eigenvalue weighted by molar-refractivity contribution is 7.88. The molecule has 8 nitrogen and oxygen atoms in total. The van der Waals surface area contributed by atoms with Gasteiger partial charge in [-0.25, -0.2) is 17.9 Å². The summed E-state index contributed by atoms with van der Waals surface area (Å²) in [7, 11) is -3.40. The highest BCUT2D eigenvalue weighted by atomic mass is 32.2. The number of hydrogen-bond acceptors (Lipinski definition) is 5. The Bertz CT molecular complexity index is 789. The molecule has 1 aliphatic heterocycles. The number of nitrogens with zero attached hydrogens (tertiary/aromatic N) is 1. The Labute approximate surface area is 179 Å². The van der Waals surface area contributed by atoms with Gasteiger partial charge in [-0.05, 0) is 51.2 Å². The van der Waals surface area contributed by atoms with Gasteiger partial charge in [0.2, 0.25) is 10.0 Å². The van der Waals surface area contributed by atoms with E-state index in [9.17, 15) is 13.2 Å². The third kappa shape index (κ3) is 6.33. The van der Waals surface area contributed by atoms with E-state index >= 15 is 0 Å². The molecule has 0 bridgehead atoms. The zero-order valence-corrected chi connectivity index (χ0v) is 18.6. The van der Waals surface area contributed by atoms with Gasteiger partial charge in [-0.1, -0.05) is 18.2 Å². The van der Waals surface area contributed by atoms with Gasteiger partial charge in [0.15, 0.2) is 0 Å². The first kappa shape index (κ1) is 22.8. The van der Waals surface area contributed by atoms with Gasteiger partial charge in [-0.15, -0.1) is 0 Å². The molecule has 168 valence electrons. The van der Waals surface area contributed by atoms with Gasteiger partial charge in [0.05, 0.1) is 25.0 Å². The molecule has 1 aromatic rings.